The van der Waals surface area contributed by atoms with Crippen LogP contribution in [0.15, 0.2) is 35.5 Å². The summed E-state index contributed by atoms with van der Waals surface area (Å²) in [7, 11) is 0. The second-order valence-corrected chi connectivity index (χ2v) is 10.7. The molecule has 0 bridgehead atoms. The summed E-state index contributed by atoms with van der Waals surface area (Å²) in [4.78, 5) is 12.2. The monoisotopic (exact) mass is 398 g/mol. The fourth-order valence-electron chi connectivity index (χ4n) is 6.15. The average molecular weight is 399 g/mol. The zero-order valence-electron chi connectivity index (χ0n) is 19.3. The number of hydrogen-bond acceptors (Lipinski definition) is 2. The summed E-state index contributed by atoms with van der Waals surface area (Å²) in [5.41, 5.74) is 2.76. The van der Waals surface area contributed by atoms with Crippen molar-refractivity contribution < 1.29 is 9.90 Å². The maximum Gasteiger partial charge on any atom is 0.159 e. The highest BCUT2D eigenvalue weighted by atomic mass is 16.3. The molecule has 29 heavy (non-hydrogen) atoms. The van der Waals surface area contributed by atoms with Gasteiger partial charge >= 0.3 is 0 Å². The minimum absolute atomic E-state index is 0.230. The summed E-state index contributed by atoms with van der Waals surface area (Å²) in [5, 5.41) is 9.92. The van der Waals surface area contributed by atoms with E-state index >= 15 is 0 Å². The SMILES string of the molecule is CC(C)[C@@H](C)/C=C/[C@@H](C)[C@H]1CC[C@H]2/C(=C/C=C3\C[C@H](O)CCC3=O)CCC[C@]12C. The van der Waals surface area contributed by atoms with Crippen molar-refractivity contribution >= 4 is 5.78 Å². The lowest BCUT2D eigenvalue weighted by Crippen LogP contribution is -2.35. The molecule has 0 aromatic carbocycles. The molecule has 2 heteroatoms. The van der Waals surface area contributed by atoms with Gasteiger partial charge in [-0.15, -0.1) is 0 Å². The van der Waals surface area contributed by atoms with Crippen LogP contribution < -0.4 is 0 Å². The summed E-state index contributed by atoms with van der Waals surface area (Å²) in [6.07, 6.45) is 16.9. The van der Waals surface area contributed by atoms with E-state index in [4.69, 9.17) is 0 Å². The molecule has 162 valence electrons. The molecule has 0 aromatic heterocycles. The van der Waals surface area contributed by atoms with Crippen LogP contribution in [0.4, 0.5) is 0 Å². The highest BCUT2D eigenvalue weighted by Crippen LogP contribution is 2.59. The predicted octanol–water partition coefficient (Wildman–Crippen LogP) is 6.65. The molecule has 3 aliphatic rings. The fourth-order valence-corrected chi connectivity index (χ4v) is 6.15. The van der Waals surface area contributed by atoms with E-state index < -0.39 is 0 Å². The highest BCUT2D eigenvalue weighted by Gasteiger charge is 2.50. The molecule has 3 aliphatic carbocycles. The third-order valence-corrected chi connectivity index (χ3v) is 8.46. The Balaban J connectivity index is 1.75. The standard InChI is InChI=1S/C27H42O2/c1-18(2)19(3)8-9-20(4)24-13-14-25-21(7-6-16-27(24,25)5)10-11-22-17-23(28)12-15-26(22)29/h8-11,18-20,23-25,28H,6-7,12-17H2,1-5H3/b9-8+,21-10+,22-11+/t19-,20+,23+,24+,25-,27+/m0/s1. The molecular weight excluding hydrogens is 356 g/mol. The van der Waals surface area contributed by atoms with Crippen LogP contribution >= 0.6 is 0 Å². The first-order chi connectivity index (χ1) is 13.7. The Morgan fingerprint density at radius 2 is 1.79 bits per heavy atom. The van der Waals surface area contributed by atoms with Crippen LogP contribution in [0.1, 0.15) is 86.0 Å². The fraction of sp³-hybridized carbons (Fsp3) is 0.741. The second-order valence-electron chi connectivity index (χ2n) is 10.7. The van der Waals surface area contributed by atoms with Crippen LogP contribution in [0.25, 0.3) is 0 Å². The number of aliphatic hydroxyl groups excluding tert-OH is 1. The van der Waals surface area contributed by atoms with Crippen LogP contribution in [0.2, 0.25) is 0 Å². The van der Waals surface area contributed by atoms with Crippen molar-refractivity contribution in [1.82, 2.24) is 0 Å². The molecule has 1 N–H and O–H groups in total. The maximum atomic E-state index is 12.2. The van der Waals surface area contributed by atoms with Crippen molar-refractivity contribution in [2.24, 2.45) is 35.0 Å². The molecule has 0 spiro atoms. The first kappa shape index (κ1) is 22.5. The number of ketones is 1. The van der Waals surface area contributed by atoms with Crippen molar-refractivity contribution in [3.63, 3.8) is 0 Å². The molecule has 3 fully saturated rings. The van der Waals surface area contributed by atoms with E-state index in [0.717, 1.165) is 11.5 Å². The Morgan fingerprint density at radius 3 is 2.52 bits per heavy atom. The zero-order valence-corrected chi connectivity index (χ0v) is 19.3. The molecule has 0 saturated heterocycles. The quantitative estimate of drug-likeness (QED) is 0.415. The number of carbonyl (C=O) groups excluding carboxylic acids is 1. The van der Waals surface area contributed by atoms with E-state index in [2.05, 4.69) is 52.8 Å². The van der Waals surface area contributed by atoms with Gasteiger partial charge in [0.1, 0.15) is 0 Å². The lowest BCUT2D eigenvalue weighted by atomic mass is 9.61. The molecule has 0 heterocycles. The Labute approximate surface area is 178 Å². The van der Waals surface area contributed by atoms with E-state index in [1.807, 2.05) is 6.08 Å². The van der Waals surface area contributed by atoms with E-state index in [0.29, 0.717) is 48.3 Å². The zero-order chi connectivity index (χ0) is 21.2. The molecule has 0 aromatic rings. The van der Waals surface area contributed by atoms with Crippen molar-refractivity contribution in [2.75, 3.05) is 0 Å². The third kappa shape index (κ3) is 4.95. The Hall–Kier alpha value is -1.15. The summed E-state index contributed by atoms with van der Waals surface area (Å²) in [6.45, 7) is 11.9. The van der Waals surface area contributed by atoms with Crippen molar-refractivity contribution in [2.45, 2.75) is 92.1 Å². The topological polar surface area (TPSA) is 37.3 Å². The van der Waals surface area contributed by atoms with Gasteiger partial charge in [0.05, 0.1) is 6.10 Å². The molecular formula is C27H42O2. The van der Waals surface area contributed by atoms with E-state index in [1.54, 1.807) is 5.57 Å². The lowest BCUT2D eigenvalue weighted by Gasteiger charge is -2.44. The maximum absolute atomic E-state index is 12.2. The van der Waals surface area contributed by atoms with Gasteiger partial charge in [0.25, 0.3) is 0 Å². The number of aliphatic hydroxyl groups is 1. The first-order valence-corrected chi connectivity index (χ1v) is 12.0. The van der Waals surface area contributed by atoms with Crippen LogP contribution in [-0.4, -0.2) is 17.0 Å². The van der Waals surface area contributed by atoms with Gasteiger partial charge < -0.3 is 5.11 Å². The molecule has 2 nitrogen and oxygen atoms in total. The van der Waals surface area contributed by atoms with Gasteiger partial charge in [-0.2, -0.15) is 0 Å². The van der Waals surface area contributed by atoms with Gasteiger partial charge in [-0.1, -0.05) is 64.5 Å². The van der Waals surface area contributed by atoms with Crippen molar-refractivity contribution in [3.8, 4) is 0 Å². The van der Waals surface area contributed by atoms with Gasteiger partial charge in [0.15, 0.2) is 5.78 Å². The minimum atomic E-state index is -0.342. The van der Waals surface area contributed by atoms with Crippen molar-refractivity contribution in [3.05, 3.63) is 35.5 Å². The van der Waals surface area contributed by atoms with Gasteiger partial charge in [-0.25, -0.2) is 0 Å². The highest BCUT2D eigenvalue weighted by molar-refractivity contribution is 5.96. The molecule has 0 amide bonds. The van der Waals surface area contributed by atoms with Crippen LogP contribution in [0.3, 0.4) is 0 Å². The number of Topliss-reactive ketones (excluding diaryl/α,β-unsaturated/α-hetero) is 1. The summed E-state index contributed by atoms with van der Waals surface area (Å²) in [5.74, 6) is 3.59. The average Bonchev–Trinajstić information content (AvgIpc) is 3.04. The first-order valence-electron chi connectivity index (χ1n) is 12.0. The molecule has 6 atom stereocenters. The number of fused-ring (bicyclic) bond motifs is 1. The second kappa shape index (κ2) is 9.33. The van der Waals surface area contributed by atoms with E-state index in [9.17, 15) is 9.90 Å². The van der Waals surface area contributed by atoms with Crippen molar-refractivity contribution in [1.29, 1.82) is 0 Å². The van der Waals surface area contributed by atoms with Crippen LogP contribution in [0.5, 0.6) is 0 Å². The Kier molecular flexibility index (Phi) is 7.25. The number of rotatable bonds is 5. The molecule has 0 radical (unpaired) electrons. The largest absolute Gasteiger partial charge is 0.393 e. The number of hydrogen-bond donors (Lipinski definition) is 1. The summed E-state index contributed by atoms with van der Waals surface area (Å²) < 4.78 is 0. The molecule has 3 saturated carbocycles. The van der Waals surface area contributed by atoms with Gasteiger partial charge in [0.2, 0.25) is 0 Å². The van der Waals surface area contributed by atoms with E-state index in [-0.39, 0.29) is 11.9 Å². The number of carbonyl (C=O) groups is 1. The summed E-state index contributed by atoms with van der Waals surface area (Å²) >= 11 is 0. The Bertz CT molecular complexity index is 683. The lowest BCUT2D eigenvalue weighted by molar-refractivity contribution is -0.117. The summed E-state index contributed by atoms with van der Waals surface area (Å²) in [6, 6.07) is 0. The molecule has 0 unspecified atom stereocenters. The van der Waals surface area contributed by atoms with Gasteiger partial charge in [0, 0.05) is 12.8 Å². The van der Waals surface area contributed by atoms with Crippen LogP contribution in [0, 0.1) is 35.0 Å². The normalized spacial score (nSPS) is 38.2. The van der Waals surface area contributed by atoms with E-state index in [1.165, 1.54) is 32.1 Å². The van der Waals surface area contributed by atoms with Gasteiger partial charge in [-0.05, 0) is 79.1 Å². The predicted molar refractivity (Wildman–Crippen MR) is 122 cm³/mol. The van der Waals surface area contributed by atoms with Gasteiger partial charge in [-0.3, -0.25) is 4.79 Å². The Morgan fingerprint density at radius 1 is 1.03 bits per heavy atom. The molecule has 0 aliphatic heterocycles. The molecule has 3 rings (SSSR count). The smallest absolute Gasteiger partial charge is 0.159 e. The third-order valence-electron chi connectivity index (χ3n) is 8.46. The minimum Gasteiger partial charge on any atom is -0.393 e. The number of allylic oxidation sites excluding steroid dienone is 5. The van der Waals surface area contributed by atoms with Crippen LogP contribution in [-0.2, 0) is 4.79 Å².